The Morgan fingerprint density at radius 2 is 1.71 bits per heavy atom. The van der Waals surface area contributed by atoms with Gasteiger partial charge in [-0.25, -0.2) is 0 Å². The minimum Gasteiger partial charge on any atom is -0.353 e. The van der Waals surface area contributed by atoms with Crippen molar-refractivity contribution >= 4 is 34.1 Å². The third-order valence-electron chi connectivity index (χ3n) is 3.65. The van der Waals surface area contributed by atoms with Gasteiger partial charge in [-0.3, -0.25) is 4.79 Å². The minimum atomic E-state index is -0.0850. The highest BCUT2D eigenvalue weighted by atomic mass is 35.5. The predicted molar refractivity (Wildman–Crippen MR) is 89.5 cm³/mol. The Kier molecular flexibility index (Phi) is 3.52. The van der Waals surface area contributed by atoms with E-state index in [1.165, 1.54) is 0 Å². The number of fused-ring (bicyclic) bond motifs is 1. The van der Waals surface area contributed by atoms with Crippen LogP contribution < -0.4 is 5.43 Å². The normalized spacial score (nSPS) is 11.0. The van der Waals surface area contributed by atoms with Gasteiger partial charge in [0.15, 0.2) is 5.43 Å². The van der Waals surface area contributed by atoms with Gasteiger partial charge in [0.1, 0.15) is 0 Å². The van der Waals surface area contributed by atoms with Crippen LogP contribution in [0.4, 0.5) is 0 Å². The van der Waals surface area contributed by atoms with Crippen LogP contribution in [0, 0.1) is 13.8 Å². The van der Waals surface area contributed by atoms with Gasteiger partial charge in [0.25, 0.3) is 0 Å². The summed E-state index contributed by atoms with van der Waals surface area (Å²) in [6.07, 6.45) is 0. The van der Waals surface area contributed by atoms with Crippen molar-refractivity contribution in [2.75, 3.05) is 0 Å². The zero-order valence-corrected chi connectivity index (χ0v) is 13.1. The summed E-state index contributed by atoms with van der Waals surface area (Å²) in [5, 5.41) is 1.42. The molecular weight excluding hydrogens is 305 g/mol. The summed E-state index contributed by atoms with van der Waals surface area (Å²) in [6, 6.07) is 11.5. The second-order valence-electron chi connectivity index (χ2n) is 5.06. The molecule has 0 aliphatic carbocycles. The van der Waals surface area contributed by atoms with E-state index in [1.807, 2.05) is 37.3 Å². The van der Waals surface area contributed by atoms with Gasteiger partial charge in [-0.05, 0) is 31.0 Å². The number of H-pyrrole nitrogens is 1. The lowest BCUT2D eigenvalue weighted by Gasteiger charge is -2.12. The molecule has 0 bridgehead atoms. The number of halogens is 2. The monoisotopic (exact) mass is 317 g/mol. The zero-order chi connectivity index (χ0) is 15.1. The number of pyridine rings is 1. The number of hydrogen-bond donors (Lipinski definition) is 1. The lowest BCUT2D eigenvalue weighted by atomic mass is 10.0. The molecule has 106 valence electrons. The van der Waals surface area contributed by atoms with Crippen LogP contribution >= 0.6 is 23.2 Å². The quantitative estimate of drug-likeness (QED) is 0.664. The molecule has 0 atom stereocenters. The fraction of sp³-hybridized carbons (Fsp3) is 0.118. The molecule has 1 aromatic heterocycles. The van der Waals surface area contributed by atoms with Crippen LogP contribution in [0.3, 0.4) is 0 Å². The van der Waals surface area contributed by atoms with E-state index in [0.29, 0.717) is 26.5 Å². The molecule has 2 aromatic carbocycles. The Balaban J connectivity index is 2.47. The van der Waals surface area contributed by atoms with Gasteiger partial charge in [0.05, 0.1) is 26.6 Å². The first-order valence-corrected chi connectivity index (χ1v) is 7.33. The first-order valence-electron chi connectivity index (χ1n) is 6.57. The van der Waals surface area contributed by atoms with Crippen molar-refractivity contribution in [2.24, 2.45) is 0 Å². The number of benzene rings is 2. The van der Waals surface area contributed by atoms with Gasteiger partial charge < -0.3 is 4.98 Å². The summed E-state index contributed by atoms with van der Waals surface area (Å²) in [5.41, 5.74) is 3.65. The van der Waals surface area contributed by atoms with Crippen LogP contribution in [0.5, 0.6) is 0 Å². The average molecular weight is 318 g/mol. The fourth-order valence-electron chi connectivity index (χ4n) is 2.50. The maximum Gasteiger partial charge on any atom is 0.194 e. The molecule has 21 heavy (non-hydrogen) atoms. The van der Waals surface area contributed by atoms with Crippen LogP contribution in [-0.2, 0) is 0 Å². The molecular formula is C17H13Cl2NO. The number of aryl methyl sites for hydroxylation is 1. The summed E-state index contributed by atoms with van der Waals surface area (Å²) in [4.78, 5) is 16.0. The van der Waals surface area contributed by atoms with Crippen LogP contribution in [0.1, 0.15) is 11.1 Å². The van der Waals surface area contributed by atoms with Gasteiger partial charge in [-0.1, -0.05) is 53.5 Å². The van der Waals surface area contributed by atoms with Crippen molar-refractivity contribution in [2.45, 2.75) is 13.8 Å². The van der Waals surface area contributed by atoms with E-state index < -0.39 is 0 Å². The Morgan fingerprint density at radius 1 is 1.05 bits per heavy atom. The lowest BCUT2D eigenvalue weighted by molar-refractivity contribution is 1.29. The van der Waals surface area contributed by atoms with Gasteiger partial charge >= 0.3 is 0 Å². The van der Waals surface area contributed by atoms with Crippen molar-refractivity contribution in [3.05, 3.63) is 67.8 Å². The predicted octanol–water partition coefficient (Wildman–Crippen LogP) is 5.12. The van der Waals surface area contributed by atoms with Crippen molar-refractivity contribution in [1.82, 2.24) is 4.98 Å². The number of hydrogen-bond acceptors (Lipinski definition) is 1. The van der Waals surface area contributed by atoms with Crippen LogP contribution in [0.15, 0.2) is 41.2 Å². The summed E-state index contributed by atoms with van der Waals surface area (Å²) in [7, 11) is 0. The average Bonchev–Trinajstić information content (AvgIpc) is 2.48. The van der Waals surface area contributed by atoms with Gasteiger partial charge in [0, 0.05) is 5.56 Å². The van der Waals surface area contributed by atoms with E-state index >= 15 is 0 Å². The third kappa shape index (κ3) is 2.25. The minimum absolute atomic E-state index is 0.0850. The second-order valence-corrected chi connectivity index (χ2v) is 5.84. The molecule has 0 unspecified atom stereocenters. The highest BCUT2D eigenvalue weighted by Gasteiger charge is 2.16. The van der Waals surface area contributed by atoms with E-state index in [0.717, 1.165) is 16.8 Å². The molecule has 1 N–H and O–H groups in total. The van der Waals surface area contributed by atoms with Crippen molar-refractivity contribution in [3.8, 4) is 11.3 Å². The maximum absolute atomic E-state index is 12.7. The molecule has 0 aliphatic heterocycles. The van der Waals surface area contributed by atoms with E-state index in [-0.39, 0.29) is 5.43 Å². The van der Waals surface area contributed by atoms with Crippen molar-refractivity contribution in [1.29, 1.82) is 0 Å². The SMILES string of the molecule is Cc1cc(Cl)c2[nH]c(-c3ccccc3)c(C)c(=O)c2c1Cl. The lowest BCUT2D eigenvalue weighted by Crippen LogP contribution is -2.10. The van der Waals surface area contributed by atoms with Crippen molar-refractivity contribution in [3.63, 3.8) is 0 Å². The van der Waals surface area contributed by atoms with E-state index in [1.54, 1.807) is 13.0 Å². The third-order valence-corrected chi connectivity index (χ3v) is 4.44. The number of aromatic nitrogens is 1. The molecule has 0 amide bonds. The Hall–Kier alpha value is -1.77. The van der Waals surface area contributed by atoms with Crippen LogP contribution in [0.25, 0.3) is 22.2 Å². The molecule has 4 heteroatoms. The van der Waals surface area contributed by atoms with Gasteiger partial charge in [-0.15, -0.1) is 0 Å². The molecule has 0 fully saturated rings. The summed E-state index contributed by atoms with van der Waals surface area (Å²) in [5.74, 6) is 0. The molecule has 0 saturated heterocycles. The van der Waals surface area contributed by atoms with Gasteiger partial charge in [-0.2, -0.15) is 0 Å². The van der Waals surface area contributed by atoms with E-state index in [4.69, 9.17) is 23.2 Å². The zero-order valence-electron chi connectivity index (χ0n) is 11.6. The molecule has 3 aromatic rings. The largest absolute Gasteiger partial charge is 0.353 e. The summed E-state index contributed by atoms with van der Waals surface area (Å²) < 4.78 is 0. The Morgan fingerprint density at radius 3 is 2.38 bits per heavy atom. The highest BCUT2D eigenvalue weighted by Crippen LogP contribution is 2.32. The Bertz CT molecular complexity index is 898. The van der Waals surface area contributed by atoms with Gasteiger partial charge in [0.2, 0.25) is 0 Å². The van der Waals surface area contributed by atoms with Crippen molar-refractivity contribution < 1.29 is 0 Å². The molecule has 1 heterocycles. The second kappa shape index (κ2) is 5.21. The Labute approximate surface area is 132 Å². The molecule has 3 rings (SSSR count). The maximum atomic E-state index is 12.7. The first-order chi connectivity index (χ1) is 10.0. The molecule has 0 radical (unpaired) electrons. The van der Waals surface area contributed by atoms with E-state index in [9.17, 15) is 4.79 Å². The summed E-state index contributed by atoms with van der Waals surface area (Å²) in [6.45, 7) is 3.64. The molecule has 0 aliphatic rings. The topological polar surface area (TPSA) is 32.9 Å². The number of nitrogens with one attached hydrogen (secondary N) is 1. The fourth-order valence-corrected chi connectivity index (χ4v) is 3.04. The van der Waals surface area contributed by atoms with E-state index in [2.05, 4.69) is 4.98 Å². The summed E-state index contributed by atoms with van der Waals surface area (Å²) >= 11 is 12.6. The molecule has 2 nitrogen and oxygen atoms in total. The van der Waals surface area contributed by atoms with Crippen LogP contribution in [-0.4, -0.2) is 4.98 Å². The molecule has 0 saturated carbocycles. The van der Waals surface area contributed by atoms with Crippen LogP contribution in [0.2, 0.25) is 10.0 Å². The standard InChI is InChI=1S/C17H13Cl2NO/c1-9-8-12(18)16-13(14(9)19)17(21)10(2)15(20-16)11-6-4-3-5-7-11/h3-8H,1-2H3,(H,20,21). The number of rotatable bonds is 1. The smallest absolute Gasteiger partial charge is 0.194 e. The number of aromatic amines is 1. The molecule has 0 spiro atoms. The first kappa shape index (κ1) is 14.2. The highest BCUT2D eigenvalue weighted by molar-refractivity contribution is 6.40.